The van der Waals surface area contributed by atoms with Gasteiger partial charge >= 0.3 is 0 Å². The summed E-state index contributed by atoms with van der Waals surface area (Å²) in [5.41, 5.74) is 4.46. The molecule has 2 aromatic rings. The van der Waals surface area contributed by atoms with Crippen LogP contribution in [0.2, 0.25) is 0 Å². The van der Waals surface area contributed by atoms with E-state index in [0.29, 0.717) is 5.92 Å². The molecule has 0 heterocycles. The van der Waals surface area contributed by atoms with Crippen molar-refractivity contribution in [2.45, 2.75) is 45.4 Å². The SMILES string of the molecule is CCC(c1ccccc1)c1ccc(C(C)(C)C)cc1. The van der Waals surface area contributed by atoms with Crippen molar-refractivity contribution in [2.24, 2.45) is 0 Å². The fourth-order valence-corrected chi connectivity index (χ4v) is 2.56. The molecule has 0 bridgehead atoms. The van der Waals surface area contributed by atoms with E-state index in [1.54, 1.807) is 0 Å². The Balaban J connectivity index is 2.30. The van der Waals surface area contributed by atoms with E-state index in [-0.39, 0.29) is 5.41 Å². The molecular weight excluding hydrogens is 228 g/mol. The van der Waals surface area contributed by atoms with Gasteiger partial charge in [-0.2, -0.15) is 0 Å². The van der Waals surface area contributed by atoms with Crippen molar-refractivity contribution in [3.8, 4) is 0 Å². The van der Waals surface area contributed by atoms with Crippen molar-refractivity contribution in [3.05, 3.63) is 71.3 Å². The summed E-state index contributed by atoms with van der Waals surface area (Å²) in [6.45, 7) is 9.04. The van der Waals surface area contributed by atoms with E-state index in [2.05, 4.69) is 82.3 Å². The summed E-state index contributed by atoms with van der Waals surface area (Å²) in [5.74, 6) is 0.509. The van der Waals surface area contributed by atoms with Crippen LogP contribution < -0.4 is 0 Å². The summed E-state index contributed by atoms with van der Waals surface area (Å²) in [6.07, 6.45) is 1.14. The lowest BCUT2D eigenvalue weighted by atomic mass is 9.84. The lowest BCUT2D eigenvalue weighted by Crippen LogP contribution is -2.11. The Kier molecular flexibility index (Phi) is 4.09. The zero-order valence-electron chi connectivity index (χ0n) is 12.5. The molecule has 0 radical (unpaired) electrons. The Labute approximate surface area is 117 Å². The predicted octanol–water partition coefficient (Wildman–Crippen LogP) is 5.53. The number of benzene rings is 2. The summed E-state index contributed by atoms with van der Waals surface area (Å²) in [4.78, 5) is 0. The average molecular weight is 252 g/mol. The Morgan fingerprint density at radius 3 is 1.79 bits per heavy atom. The Morgan fingerprint density at radius 1 is 0.789 bits per heavy atom. The monoisotopic (exact) mass is 252 g/mol. The van der Waals surface area contributed by atoms with Gasteiger partial charge in [-0.3, -0.25) is 0 Å². The first kappa shape index (κ1) is 13.9. The molecule has 0 fully saturated rings. The first-order valence-corrected chi connectivity index (χ1v) is 7.17. The maximum Gasteiger partial charge on any atom is 0.00867 e. The second kappa shape index (κ2) is 5.61. The van der Waals surface area contributed by atoms with Crippen molar-refractivity contribution < 1.29 is 0 Å². The van der Waals surface area contributed by atoms with Crippen LogP contribution >= 0.6 is 0 Å². The molecule has 0 aromatic heterocycles. The molecule has 1 atom stereocenters. The molecule has 2 aromatic carbocycles. The highest BCUT2D eigenvalue weighted by Gasteiger charge is 2.15. The predicted molar refractivity (Wildman–Crippen MR) is 83.7 cm³/mol. The van der Waals surface area contributed by atoms with Gasteiger partial charge in [-0.25, -0.2) is 0 Å². The largest absolute Gasteiger partial charge is 0.0645 e. The van der Waals surface area contributed by atoms with Crippen LogP contribution in [0.4, 0.5) is 0 Å². The Bertz CT molecular complexity index is 500. The fourth-order valence-electron chi connectivity index (χ4n) is 2.56. The minimum absolute atomic E-state index is 0.229. The highest BCUT2D eigenvalue weighted by atomic mass is 14.2. The molecule has 0 spiro atoms. The topological polar surface area (TPSA) is 0 Å². The van der Waals surface area contributed by atoms with Gasteiger partial charge in [0, 0.05) is 5.92 Å². The highest BCUT2D eigenvalue weighted by molar-refractivity contribution is 5.35. The molecule has 0 N–H and O–H groups in total. The molecule has 1 unspecified atom stereocenters. The lowest BCUT2D eigenvalue weighted by molar-refractivity contribution is 0.589. The zero-order chi connectivity index (χ0) is 13.9. The smallest absolute Gasteiger partial charge is 0.00867 e. The van der Waals surface area contributed by atoms with Gasteiger partial charge in [0.15, 0.2) is 0 Å². The van der Waals surface area contributed by atoms with Crippen LogP contribution in [0, 0.1) is 0 Å². The molecule has 0 nitrogen and oxygen atoms in total. The van der Waals surface area contributed by atoms with Crippen molar-refractivity contribution in [1.82, 2.24) is 0 Å². The summed E-state index contributed by atoms with van der Waals surface area (Å²) < 4.78 is 0. The van der Waals surface area contributed by atoms with Gasteiger partial charge in [0.05, 0.1) is 0 Å². The average Bonchev–Trinajstić information content (AvgIpc) is 2.40. The Hall–Kier alpha value is -1.56. The minimum Gasteiger partial charge on any atom is -0.0645 e. The summed E-state index contributed by atoms with van der Waals surface area (Å²) in [5, 5.41) is 0. The van der Waals surface area contributed by atoms with Gasteiger partial charge in [-0.05, 0) is 28.5 Å². The molecule has 0 aliphatic rings. The van der Waals surface area contributed by atoms with Crippen LogP contribution in [-0.4, -0.2) is 0 Å². The summed E-state index contributed by atoms with van der Waals surface area (Å²) in [7, 11) is 0. The van der Waals surface area contributed by atoms with Crippen molar-refractivity contribution in [3.63, 3.8) is 0 Å². The molecule has 0 heteroatoms. The third kappa shape index (κ3) is 3.26. The Morgan fingerprint density at radius 2 is 1.32 bits per heavy atom. The molecule has 100 valence electrons. The fraction of sp³-hybridized carbons (Fsp3) is 0.368. The van der Waals surface area contributed by atoms with Gasteiger partial charge in [-0.15, -0.1) is 0 Å². The quantitative estimate of drug-likeness (QED) is 0.674. The van der Waals surface area contributed by atoms with Crippen LogP contribution in [0.25, 0.3) is 0 Å². The first-order valence-electron chi connectivity index (χ1n) is 7.17. The summed E-state index contributed by atoms with van der Waals surface area (Å²) in [6, 6.07) is 19.9. The van der Waals surface area contributed by atoms with Crippen LogP contribution in [0.1, 0.15) is 56.7 Å². The van der Waals surface area contributed by atoms with E-state index in [4.69, 9.17) is 0 Å². The van der Waals surface area contributed by atoms with Gasteiger partial charge in [0.1, 0.15) is 0 Å². The molecule has 0 aliphatic heterocycles. The number of hydrogen-bond acceptors (Lipinski definition) is 0. The third-order valence-corrected chi connectivity index (χ3v) is 3.79. The van der Waals surface area contributed by atoms with E-state index in [1.807, 2.05) is 0 Å². The van der Waals surface area contributed by atoms with E-state index in [9.17, 15) is 0 Å². The maximum absolute atomic E-state index is 2.29. The van der Waals surface area contributed by atoms with Gasteiger partial charge < -0.3 is 0 Å². The lowest BCUT2D eigenvalue weighted by Gasteiger charge is -2.21. The van der Waals surface area contributed by atoms with Gasteiger partial charge in [0.2, 0.25) is 0 Å². The number of hydrogen-bond donors (Lipinski definition) is 0. The molecular formula is C19H24. The standard InChI is InChI=1S/C19H24/c1-5-18(15-9-7-6-8-10-15)16-11-13-17(14-12-16)19(2,3)4/h6-14,18H,5H2,1-4H3. The van der Waals surface area contributed by atoms with Crippen LogP contribution in [0.15, 0.2) is 54.6 Å². The van der Waals surface area contributed by atoms with E-state index < -0.39 is 0 Å². The van der Waals surface area contributed by atoms with Crippen LogP contribution in [0.5, 0.6) is 0 Å². The molecule has 0 amide bonds. The number of rotatable bonds is 3. The molecule has 19 heavy (non-hydrogen) atoms. The second-order valence-electron chi connectivity index (χ2n) is 6.24. The van der Waals surface area contributed by atoms with E-state index in [0.717, 1.165) is 6.42 Å². The van der Waals surface area contributed by atoms with Crippen LogP contribution in [0.3, 0.4) is 0 Å². The molecule has 2 rings (SSSR count). The van der Waals surface area contributed by atoms with E-state index in [1.165, 1.54) is 16.7 Å². The van der Waals surface area contributed by atoms with Gasteiger partial charge in [-0.1, -0.05) is 82.3 Å². The molecule has 0 saturated heterocycles. The molecule has 0 saturated carbocycles. The zero-order valence-corrected chi connectivity index (χ0v) is 12.5. The van der Waals surface area contributed by atoms with Gasteiger partial charge in [0.25, 0.3) is 0 Å². The van der Waals surface area contributed by atoms with Crippen LogP contribution in [-0.2, 0) is 5.41 Å². The second-order valence-corrected chi connectivity index (χ2v) is 6.24. The van der Waals surface area contributed by atoms with Crippen molar-refractivity contribution in [1.29, 1.82) is 0 Å². The van der Waals surface area contributed by atoms with Crippen molar-refractivity contribution in [2.75, 3.05) is 0 Å². The van der Waals surface area contributed by atoms with Crippen molar-refractivity contribution >= 4 is 0 Å². The van der Waals surface area contributed by atoms with E-state index >= 15 is 0 Å². The first-order chi connectivity index (χ1) is 9.02. The highest BCUT2D eigenvalue weighted by Crippen LogP contribution is 2.30. The normalized spacial score (nSPS) is 13.3. The summed E-state index contributed by atoms with van der Waals surface area (Å²) >= 11 is 0. The molecule has 0 aliphatic carbocycles. The maximum atomic E-state index is 2.29. The third-order valence-electron chi connectivity index (χ3n) is 3.79. The minimum atomic E-state index is 0.229.